The van der Waals surface area contributed by atoms with Gasteiger partial charge in [-0.2, -0.15) is 10.4 Å². The Kier molecular flexibility index (Phi) is 3.29. The summed E-state index contributed by atoms with van der Waals surface area (Å²) in [5.74, 6) is -1.16. The van der Waals surface area contributed by atoms with Gasteiger partial charge in [-0.05, 0) is 18.2 Å². The molecule has 1 heterocycles. The Morgan fingerprint density at radius 2 is 2.21 bits per heavy atom. The molecule has 0 saturated carbocycles. The van der Waals surface area contributed by atoms with Crippen molar-refractivity contribution in [3.8, 4) is 17.7 Å². The molecule has 1 aromatic heterocycles. The maximum atomic E-state index is 13.0. The highest BCUT2D eigenvalue weighted by Gasteiger charge is 2.18. The van der Waals surface area contributed by atoms with E-state index in [1.54, 1.807) is 6.07 Å². The molecule has 1 aromatic carbocycles. The molecule has 2 aromatic rings. The molecule has 19 heavy (non-hydrogen) atoms. The van der Waals surface area contributed by atoms with Gasteiger partial charge in [0.05, 0.1) is 17.2 Å². The zero-order valence-electron chi connectivity index (χ0n) is 9.28. The molecular formula is C11H5FN4O3. The van der Waals surface area contributed by atoms with Crippen LogP contribution >= 0.6 is 0 Å². The summed E-state index contributed by atoms with van der Waals surface area (Å²) in [5, 5.41) is 26.7. The third-order valence-corrected chi connectivity index (χ3v) is 2.13. The minimum Gasteiger partial charge on any atom is -0.429 e. The highest BCUT2D eigenvalue weighted by atomic mass is 19.1. The van der Waals surface area contributed by atoms with Crippen LogP contribution in [0.2, 0.25) is 0 Å². The molecule has 0 aliphatic heterocycles. The Hall–Kier alpha value is -3.08. The second-order valence-electron chi connectivity index (χ2n) is 3.33. The first-order chi connectivity index (χ1) is 9.11. The molecule has 0 amide bonds. The average Bonchev–Trinajstić information content (AvgIpc) is 2.41. The van der Waals surface area contributed by atoms with Gasteiger partial charge in [-0.15, -0.1) is 5.10 Å². The van der Waals surface area contributed by atoms with E-state index in [0.717, 1.165) is 18.2 Å². The summed E-state index contributed by atoms with van der Waals surface area (Å²) in [7, 11) is 0. The molecule has 94 valence electrons. The highest BCUT2D eigenvalue weighted by molar-refractivity contribution is 5.49. The first-order valence-electron chi connectivity index (χ1n) is 4.95. The quantitative estimate of drug-likeness (QED) is 0.619. The number of nitro groups is 1. The molecule has 8 heteroatoms. The third-order valence-electron chi connectivity index (χ3n) is 2.13. The van der Waals surface area contributed by atoms with Crippen molar-refractivity contribution < 1.29 is 14.1 Å². The van der Waals surface area contributed by atoms with Crippen molar-refractivity contribution in [3.05, 3.63) is 52.0 Å². The van der Waals surface area contributed by atoms with Crippen molar-refractivity contribution >= 4 is 5.69 Å². The number of hydrogen-bond acceptors (Lipinski definition) is 6. The van der Waals surface area contributed by atoms with Crippen LogP contribution in [0.3, 0.4) is 0 Å². The van der Waals surface area contributed by atoms with Crippen LogP contribution in [0.1, 0.15) is 5.56 Å². The van der Waals surface area contributed by atoms with Gasteiger partial charge < -0.3 is 4.74 Å². The lowest BCUT2D eigenvalue weighted by Crippen LogP contribution is -1.98. The van der Waals surface area contributed by atoms with Gasteiger partial charge in [-0.1, -0.05) is 0 Å². The van der Waals surface area contributed by atoms with Crippen molar-refractivity contribution in [2.45, 2.75) is 0 Å². The van der Waals surface area contributed by atoms with Crippen molar-refractivity contribution in [2.75, 3.05) is 0 Å². The first-order valence-corrected chi connectivity index (χ1v) is 4.95. The van der Waals surface area contributed by atoms with Crippen LogP contribution in [0, 0.1) is 27.3 Å². The summed E-state index contributed by atoms with van der Waals surface area (Å²) in [6, 6.07) is 5.96. The fraction of sp³-hybridized carbons (Fsp3) is 0. The number of rotatable bonds is 3. The molecular weight excluding hydrogens is 255 g/mol. The van der Waals surface area contributed by atoms with Gasteiger partial charge in [-0.3, -0.25) is 10.1 Å². The molecule has 0 atom stereocenters. The number of aromatic nitrogens is 2. The molecule has 0 saturated heterocycles. The summed E-state index contributed by atoms with van der Waals surface area (Å²) < 4.78 is 18.1. The zero-order chi connectivity index (χ0) is 13.8. The average molecular weight is 260 g/mol. The van der Waals surface area contributed by atoms with Crippen LogP contribution in [0.4, 0.5) is 10.1 Å². The highest BCUT2D eigenvalue weighted by Crippen LogP contribution is 2.31. The Bertz CT molecular complexity index is 684. The van der Waals surface area contributed by atoms with E-state index in [1.807, 2.05) is 0 Å². The van der Waals surface area contributed by atoms with Gasteiger partial charge in [0.1, 0.15) is 17.4 Å². The van der Waals surface area contributed by atoms with Gasteiger partial charge in [0.2, 0.25) is 5.75 Å². The predicted octanol–water partition coefficient (Wildman–Crippen LogP) is 2.19. The molecule has 0 radical (unpaired) electrons. The van der Waals surface area contributed by atoms with E-state index < -0.39 is 16.4 Å². The molecule has 0 aliphatic rings. The van der Waals surface area contributed by atoms with Crippen LogP contribution in [-0.2, 0) is 0 Å². The van der Waals surface area contributed by atoms with Crippen LogP contribution in [-0.4, -0.2) is 15.1 Å². The maximum absolute atomic E-state index is 13.0. The first kappa shape index (κ1) is 12.4. The molecule has 0 aliphatic carbocycles. The van der Waals surface area contributed by atoms with Gasteiger partial charge in [0.25, 0.3) is 5.88 Å². The lowest BCUT2D eigenvalue weighted by molar-refractivity contribution is -0.385. The summed E-state index contributed by atoms with van der Waals surface area (Å²) in [6.45, 7) is 0. The largest absolute Gasteiger partial charge is 0.429 e. The van der Waals surface area contributed by atoms with Crippen LogP contribution < -0.4 is 4.74 Å². The normalized spacial score (nSPS) is 9.68. The molecule has 0 fully saturated rings. The summed E-state index contributed by atoms with van der Waals surface area (Å²) in [6.07, 6.45) is 1.28. The Morgan fingerprint density at radius 1 is 1.42 bits per heavy atom. The third kappa shape index (κ3) is 2.61. The Morgan fingerprint density at radius 3 is 2.89 bits per heavy atom. The Balaban J connectivity index is 2.44. The second kappa shape index (κ2) is 5.05. The van der Waals surface area contributed by atoms with E-state index in [-0.39, 0.29) is 17.2 Å². The zero-order valence-corrected chi connectivity index (χ0v) is 9.28. The van der Waals surface area contributed by atoms with E-state index in [4.69, 9.17) is 10.00 Å². The van der Waals surface area contributed by atoms with Gasteiger partial charge in [0.15, 0.2) is 0 Å². The van der Waals surface area contributed by atoms with Crippen LogP contribution in [0.25, 0.3) is 0 Å². The number of hydrogen-bond donors (Lipinski definition) is 0. The van der Waals surface area contributed by atoms with Crippen molar-refractivity contribution in [1.29, 1.82) is 5.26 Å². The summed E-state index contributed by atoms with van der Waals surface area (Å²) >= 11 is 0. The number of ether oxygens (including phenoxy) is 1. The molecule has 0 bridgehead atoms. The van der Waals surface area contributed by atoms with E-state index in [0.29, 0.717) is 0 Å². The smallest absolute Gasteiger partial charge is 0.314 e. The molecule has 2 rings (SSSR count). The minimum absolute atomic E-state index is 0.0635. The number of nitrogens with zero attached hydrogens (tertiary/aromatic N) is 4. The minimum atomic E-state index is -0.791. The summed E-state index contributed by atoms with van der Waals surface area (Å²) in [4.78, 5) is 9.99. The molecule has 7 nitrogen and oxygen atoms in total. The molecule has 0 N–H and O–H groups in total. The van der Waals surface area contributed by atoms with Gasteiger partial charge in [-0.25, -0.2) is 4.39 Å². The van der Waals surface area contributed by atoms with Crippen molar-refractivity contribution in [1.82, 2.24) is 10.2 Å². The van der Waals surface area contributed by atoms with Gasteiger partial charge >= 0.3 is 5.69 Å². The molecule has 0 unspecified atom stereocenters. The number of nitro benzene ring substituents is 1. The topological polar surface area (TPSA) is 102 Å². The van der Waals surface area contributed by atoms with Crippen molar-refractivity contribution in [3.63, 3.8) is 0 Å². The van der Waals surface area contributed by atoms with E-state index in [1.165, 1.54) is 12.3 Å². The lowest BCUT2D eigenvalue weighted by Gasteiger charge is -2.05. The SMILES string of the molecule is N#Cc1ccnnc1Oc1ccc(F)cc1[N+](=O)[O-]. The van der Waals surface area contributed by atoms with E-state index in [9.17, 15) is 14.5 Å². The second-order valence-corrected chi connectivity index (χ2v) is 3.33. The molecule has 0 spiro atoms. The van der Waals surface area contributed by atoms with Crippen molar-refractivity contribution in [2.24, 2.45) is 0 Å². The number of halogens is 1. The standard InChI is InChI=1S/C11H5FN4O3/c12-8-1-2-10(9(5-8)16(17)18)19-11-7(6-13)3-4-14-15-11/h1-5H. The lowest BCUT2D eigenvalue weighted by atomic mass is 10.3. The maximum Gasteiger partial charge on any atom is 0.314 e. The van der Waals surface area contributed by atoms with Gasteiger partial charge in [0, 0.05) is 0 Å². The van der Waals surface area contributed by atoms with E-state index in [2.05, 4.69) is 10.2 Å². The monoisotopic (exact) mass is 260 g/mol. The fourth-order valence-corrected chi connectivity index (χ4v) is 1.30. The van der Waals surface area contributed by atoms with Crippen LogP contribution in [0.5, 0.6) is 11.6 Å². The number of nitriles is 1. The van der Waals surface area contributed by atoms with E-state index >= 15 is 0 Å². The fourth-order valence-electron chi connectivity index (χ4n) is 1.30. The Labute approximate surface area is 106 Å². The van der Waals surface area contributed by atoms with Crippen LogP contribution in [0.15, 0.2) is 30.5 Å². The summed E-state index contributed by atoms with van der Waals surface area (Å²) in [5.41, 5.74) is -0.497. The number of benzene rings is 1. The predicted molar refractivity (Wildman–Crippen MR) is 59.9 cm³/mol.